The molecule has 0 saturated carbocycles. The van der Waals surface area contributed by atoms with Crippen LogP contribution in [0, 0.1) is 26.7 Å². The number of aryl methyl sites for hydroxylation is 3. The molecule has 11 heteroatoms. The number of nitrogens with zero attached hydrogens (tertiary/aromatic N) is 9. The molecule has 4 aromatic heterocycles. The first-order valence-corrected chi connectivity index (χ1v) is 10.6. The number of aromatic nitrogens is 8. The van der Waals surface area contributed by atoms with Crippen LogP contribution in [-0.2, 0) is 4.79 Å². The fourth-order valence-corrected chi connectivity index (χ4v) is 4.03. The number of carbonyl (C=O) groups excluding carboxylic acids is 1. The van der Waals surface area contributed by atoms with Crippen molar-refractivity contribution in [2.45, 2.75) is 33.6 Å². The normalized spacial score (nSPS) is 14.8. The maximum absolute atomic E-state index is 13.0. The van der Waals surface area contributed by atoms with Crippen molar-refractivity contribution in [2.75, 3.05) is 23.3 Å². The molecule has 5 rings (SSSR count). The number of anilines is 2. The third kappa shape index (κ3) is 3.88. The van der Waals surface area contributed by atoms with Crippen LogP contribution in [-0.4, -0.2) is 58.6 Å². The van der Waals surface area contributed by atoms with E-state index in [0.29, 0.717) is 17.4 Å². The van der Waals surface area contributed by atoms with Gasteiger partial charge in [-0.3, -0.25) is 4.79 Å². The van der Waals surface area contributed by atoms with Gasteiger partial charge in [0, 0.05) is 36.5 Å². The van der Waals surface area contributed by atoms with Gasteiger partial charge in [-0.25, -0.2) is 9.97 Å². The zero-order valence-electron chi connectivity index (χ0n) is 18.2. The number of carbonyl (C=O) groups is 1. The van der Waals surface area contributed by atoms with E-state index in [4.69, 9.17) is 0 Å². The molecule has 1 saturated heterocycles. The van der Waals surface area contributed by atoms with Gasteiger partial charge < -0.3 is 10.2 Å². The minimum atomic E-state index is -0.0892. The topological polar surface area (TPSA) is 119 Å². The molecule has 1 aliphatic heterocycles. The van der Waals surface area contributed by atoms with E-state index >= 15 is 0 Å². The highest BCUT2D eigenvalue weighted by atomic mass is 16.2. The Labute approximate surface area is 184 Å². The number of hydrogen-bond acceptors (Lipinski definition) is 8. The van der Waals surface area contributed by atoms with Crippen LogP contribution in [0.15, 0.2) is 30.6 Å². The Morgan fingerprint density at radius 2 is 1.75 bits per heavy atom. The Balaban J connectivity index is 1.27. The Morgan fingerprint density at radius 1 is 1.00 bits per heavy atom. The summed E-state index contributed by atoms with van der Waals surface area (Å²) in [5.41, 5.74) is 3.20. The number of rotatable bonds is 4. The summed E-state index contributed by atoms with van der Waals surface area (Å²) in [6.07, 6.45) is 3.06. The summed E-state index contributed by atoms with van der Waals surface area (Å²) >= 11 is 0. The van der Waals surface area contributed by atoms with Gasteiger partial charge >= 0.3 is 0 Å². The molecule has 0 radical (unpaired) electrons. The monoisotopic (exact) mass is 432 g/mol. The summed E-state index contributed by atoms with van der Waals surface area (Å²) in [5, 5.41) is 19.9. The van der Waals surface area contributed by atoms with Crippen molar-refractivity contribution < 1.29 is 4.79 Å². The molecule has 32 heavy (non-hydrogen) atoms. The van der Waals surface area contributed by atoms with Gasteiger partial charge in [0.25, 0.3) is 5.95 Å². The molecule has 0 aromatic carbocycles. The highest BCUT2D eigenvalue weighted by Gasteiger charge is 2.27. The number of amides is 1. The molecular weight excluding hydrogens is 408 g/mol. The average Bonchev–Trinajstić information content (AvgIpc) is 3.38. The van der Waals surface area contributed by atoms with Crippen molar-refractivity contribution in [1.29, 1.82) is 0 Å². The SMILES string of the molecule is Cc1cc(C)nc(-n2nc(C)cc2NC(=O)C2CCN(c3ccc4nncn4n3)CC2)n1. The van der Waals surface area contributed by atoms with Gasteiger partial charge in [-0.1, -0.05) is 0 Å². The smallest absolute Gasteiger partial charge is 0.252 e. The lowest BCUT2D eigenvalue weighted by Crippen LogP contribution is -2.39. The highest BCUT2D eigenvalue weighted by Crippen LogP contribution is 2.24. The molecule has 1 N–H and O–H groups in total. The molecule has 5 heterocycles. The highest BCUT2D eigenvalue weighted by molar-refractivity contribution is 5.92. The van der Waals surface area contributed by atoms with Gasteiger partial charge in [0.15, 0.2) is 5.65 Å². The number of hydrogen-bond donors (Lipinski definition) is 1. The van der Waals surface area contributed by atoms with E-state index in [-0.39, 0.29) is 11.8 Å². The lowest BCUT2D eigenvalue weighted by atomic mass is 9.96. The quantitative estimate of drug-likeness (QED) is 0.519. The van der Waals surface area contributed by atoms with E-state index in [1.807, 2.05) is 45.0 Å². The zero-order chi connectivity index (χ0) is 22.2. The second-order valence-corrected chi connectivity index (χ2v) is 8.11. The van der Waals surface area contributed by atoms with Gasteiger partial charge in [-0.2, -0.15) is 14.3 Å². The minimum Gasteiger partial charge on any atom is -0.355 e. The van der Waals surface area contributed by atoms with Gasteiger partial charge in [-0.15, -0.1) is 15.3 Å². The lowest BCUT2D eigenvalue weighted by Gasteiger charge is -2.31. The van der Waals surface area contributed by atoms with Gasteiger partial charge in [-0.05, 0) is 51.8 Å². The van der Waals surface area contributed by atoms with E-state index in [0.717, 1.165) is 48.8 Å². The molecule has 1 amide bonds. The van der Waals surface area contributed by atoms with Crippen LogP contribution in [0.1, 0.15) is 29.9 Å². The molecule has 11 nitrogen and oxygen atoms in total. The van der Waals surface area contributed by atoms with E-state index in [1.54, 1.807) is 15.5 Å². The Kier molecular flexibility index (Phi) is 5.00. The molecule has 0 atom stereocenters. The number of piperidine rings is 1. The summed E-state index contributed by atoms with van der Waals surface area (Å²) in [7, 11) is 0. The van der Waals surface area contributed by atoms with E-state index in [2.05, 4.69) is 40.6 Å². The van der Waals surface area contributed by atoms with Crippen molar-refractivity contribution >= 4 is 23.2 Å². The van der Waals surface area contributed by atoms with Crippen molar-refractivity contribution in [2.24, 2.45) is 5.92 Å². The molecule has 0 aliphatic carbocycles. The maximum Gasteiger partial charge on any atom is 0.252 e. The van der Waals surface area contributed by atoms with E-state index in [9.17, 15) is 4.79 Å². The van der Waals surface area contributed by atoms with Crippen LogP contribution in [0.25, 0.3) is 11.6 Å². The van der Waals surface area contributed by atoms with Gasteiger partial charge in [0.2, 0.25) is 5.91 Å². The van der Waals surface area contributed by atoms with Crippen molar-refractivity contribution in [3.8, 4) is 5.95 Å². The van der Waals surface area contributed by atoms with Crippen molar-refractivity contribution in [3.63, 3.8) is 0 Å². The summed E-state index contributed by atoms with van der Waals surface area (Å²) in [4.78, 5) is 24.2. The molecule has 1 fully saturated rings. The molecule has 4 aromatic rings. The molecule has 1 aliphatic rings. The fraction of sp³-hybridized carbons (Fsp3) is 0.381. The first-order chi connectivity index (χ1) is 15.5. The molecular formula is C21H24N10O. The van der Waals surface area contributed by atoms with Gasteiger partial charge in [0.1, 0.15) is 18.0 Å². The standard InChI is InChI=1S/C21H24N10O/c1-13-10-14(2)24-21(23-13)31-19(11-15(3)27-31)25-20(32)16-6-8-29(9-7-16)18-5-4-17-26-22-12-30(17)28-18/h4-5,10-12,16H,6-9H2,1-3H3,(H,25,32). The lowest BCUT2D eigenvalue weighted by molar-refractivity contribution is -0.120. The largest absolute Gasteiger partial charge is 0.355 e. The van der Waals surface area contributed by atoms with Crippen molar-refractivity contribution in [1.82, 2.24) is 39.6 Å². The number of nitrogens with one attached hydrogen (secondary N) is 1. The molecule has 164 valence electrons. The van der Waals surface area contributed by atoms with Crippen LogP contribution >= 0.6 is 0 Å². The average molecular weight is 432 g/mol. The van der Waals surface area contributed by atoms with Crippen LogP contribution in [0.3, 0.4) is 0 Å². The van der Waals surface area contributed by atoms with E-state index in [1.165, 1.54) is 0 Å². The van der Waals surface area contributed by atoms with Gasteiger partial charge in [0.05, 0.1) is 5.69 Å². The Morgan fingerprint density at radius 3 is 2.50 bits per heavy atom. The fourth-order valence-electron chi connectivity index (χ4n) is 4.03. The van der Waals surface area contributed by atoms with Crippen LogP contribution in [0.5, 0.6) is 0 Å². The first kappa shape index (κ1) is 20.0. The Bertz CT molecular complexity index is 1260. The molecule has 0 bridgehead atoms. The maximum atomic E-state index is 13.0. The second kappa shape index (κ2) is 7.98. The summed E-state index contributed by atoms with van der Waals surface area (Å²) in [6.45, 7) is 7.20. The van der Waals surface area contributed by atoms with Crippen LogP contribution in [0.2, 0.25) is 0 Å². The number of fused-ring (bicyclic) bond motifs is 1. The van der Waals surface area contributed by atoms with Crippen LogP contribution in [0.4, 0.5) is 11.6 Å². The Hall–Kier alpha value is -3.89. The first-order valence-electron chi connectivity index (χ1n) is 10.6. The van der Waals surface area contributed by atoms with Crippen molar-refractivity contribution in [3.05, 3.63) is 47.7 Å². The predicted octanol–water partition coefficient (Wildman–Crippen LogP) is 1.88. The second-order valence-electron chi connectivity index (χ2n) is 8.11. The zero-order valence-corrected chi connectivity index (χ0v) is 18.2. The summed E-state index contributed by atoms with van der Waals surface area (Å²) < 4.78 is 3.26. The van der Waals surface area contributed by atoms with Crippen LogP contribution < -0.4 is 10.2 Å². The third-order valence-electron chi connectivity index (χ3n) is 5.58. The minimum absolute atomic E-state index is 0.0163. The summed E-state index contributed by atoms with van der Waals surface area (Å²) in [6, 6.07) is 7.58. The summed E-state index contributed by atoms with van der Waals surface area (Å²) in [5.74, 6) is 1.79. The third-order valence-corrected chi connectivity index (χ3v) is 5.58. The predicted molar refractivity (Wildman–Crippen MR) is 118 cm³/mol. The molecule has 0 spiro atoms. The molecule has 0 unspecified atom stereocenters. The van der Waals surface area contributed by atoms with E-state index < -0.39 is 0 Å².